The zero-order chi connectivity index (χ0) is 19.5. The smallest absolute Gasteiger partial charge is 0.246 e. The minimum atomic E-state index is 0.00484. The number of fused-ring (bicyclic) bond motifs is 1. The maximum Gasteiger partial charge on any atom is 0.246 e. The van der Waals surface area contributed by atoms with Crippen LogP contribution in [0.3, 0.4) is 0 Å². The highest BCUT2D eigenvalue weighted by molar-refractivity contribution is 7.10. The number of thiophene rings is 1. The first-order chi connectivity index (χ1) is 13.6. The molecule has 2 aliphatic rings. The number of hydrogen-bond acceptors (Lipinski definition) is 4. The van der Waals surface area contributed by atoms with Crippen molar-refractivity contribution in [2.45, 2.75) is 32.6 Å². The molecule has 0 fully saturated rings. The van der Waals surface area contributed by atoms with Crippen LogP contribution in [0.1, 0.15) is 34.4 Å². The van der Waals surface area contributed by atoms with E-state index in [2.05, 4.69) is 34.7 Å². The molecule has 28 heavy (non-hydrogen) atoms. The van der Waals surface area contributed by atoms with E-state index in [-0.39, 0.29) is 11.8 Å². The van der Waals surface area contributed by atoms with Gasteiger partial charge < -0.3 is 10.2 Å². The van der Waals surface area contributed by atoms with Gasteiger partial charge in [-0.05, 0) is 60.0 Å². The quantitative estimate of drug-likeness (QED) is 0.636. The normalized spacial score (nSPS) is 16.7. The van der Waals surface area contributed by atoms with Gasteiger partial charge in [0.2, 0.25) is 11.8 Å². The first-order valence-electron chi connectivity index (χ1n) is 9.55. The van der Waals surface area contributed by atoms with Gasteiger partial charge in [-0.15, -0.1) is 11.3 Å². The Morgan fingerprint density at radius 1 is 1.36 bits per heavy atom. The summed E-state index contributed by atoms with van der Waals surface area (Å²) in [5, 5.41) is 4.91. The summed E-state index contributed by atoms with van der Waals surface area (Å²) >= 11 is 1.80. The molecule has 0 aliphatic carbocycles. The van der Waals surface area contributed by atoms with Crippen LogP contribution in [-0.2, 0) is 22.4 Å². The number of aromatic nitrogens is 1. The second-order valence-electron chi connectivity index (χ2n) is 7.26. The maximum atomic E-state index is 12.5. The molecule has 4 heterocycles. The molecular formula is C22H23N3O2S. The fourth-order valence-electron chi connectivity index (χ4n) is 3.50. The van der Waals surface area contributed by atoms with Gasteiger partial charge in [0, 0.05) is 43.1 Å². The van der Waals surface area contributed by atoms with Crippen LogP contribution in [0.2, 0.25) is 0 Å². The predicted molar refractivity (Wildman–Crippen MR) is 112 cm³/mol. The second kappa shape index (κ2) is 8.10. The highest BCUT2D eigenvalue weighted by Gasteiger charge is 2.17. The number of carbonyl (C=O) groups is 2. The average Bonchev–Trinajstić information content (AvgIpc) is 3.11. The van der Waals surface area contributed by atoms with Gasteiger partial charge >= 0.3 is 0 Å². The van der Waals surface area contributed by atoms with E-state index in [9.17, 15) is 9.59 Å². The summed E-state index contributed by atoms with van der Waals surface area (Å²) in [4.78, 5) is 31.5. The van der Waals surface area contributed by atoms with Crippen LogP contribution in [0.15, 0.2) is 41.4 Å². The summed E-state index contributed by atoms with van der Waals surface area (Å²) in [7, 11) is 0. The van der Waals surface area contributed by atoms with Crippen LogP contribution in [-0.4, -0.2) is 34.8 Å². The summed E-state index contributed by atoms with van der Waals surface area (Å²) in [6.07, 6.45) is 10.4. The van der Waals surface area contributed by atoms with Gasteiger partial charge in [0.1, 0.15) is 5.82 Å². The van der Waals surface area contributed by atoms with Crippen molar-refractivity contribution >= 4 is 35.0 Å². The molecule has 0 radical (unpaired) electrons. The van der Waals surface area contributed by atoms with E-state index in [1.165, 1.54) is 16.0 Å². The first kappa shape index (κ1) is 18.6. The number of pyridine rings is 1. The van der Waals surface area contributed by atoms with Crippen molar-refractivity contribution in [3.63, 3.8) is 0 Å². The van der Waals surface area contributed by atoms with Crippen molar-refractivity contribution in [1.29, 1.82) is 0 Å². The zero-order valence-electron chi connectivity index (χ0n) is 15.9. The van der Waals surface area contributed by atoms with Crippen LogP contribution in [0.5, 0.6) is 0 Å². The number of rotatable bonds is 4. The molecule has 144 valence electrons. The van der Waals surface area contributed by atoms with Crippen LogP contribution < -0.4 is 5.32 Å². The standard InChI is InChI=1S/C22H23N3O2S/c1-15-8-11-28-19(15)13-16-6-9-25(10-7-16)21(27)5-2-17-12-18-3-4-20(26)24-22(18)23-14-17/h2,5-6,8,11-12,14H,3-4,7,9-10,13H2,1H3,(H,23,24,26)/b5-2+. The third-order valence-corrected chi connectivity index (χ3v) is 6.28. The van der Waals surface area contributed by atoms with Crippen molar-refractivity contribution < 1.29 is 9.59 Å². The number of hydrogen-bond donors (Lipinski definition) is 1. The Kier molecular flexibility index (Phi) is 5.39. The summed E-state index contributed by atoms with van der Waals surface area (Å²) in [6.45, 7) is 3.57. The Labute approximate surface area is 168 Å². The molecule has 1 N–H and O–H groups in total. The van der Waals surface area contributed by atoms with Crippen molar-refractivity contribution in [3.8, 4) is 0 Å². The molecule has 6 heteroatoms. The van der Waals surface area contributed by atoms with Gasteiger partial charge in [0.05, 0.1) is 0 Å². The summed E-state index contributed by atoms with van der Waals surface area (Å²) < 4.78 is 0. The molecule has 0 saturated heterocycles. The Bertz CT molecular complexity index is 974. The summed E-state index contributed by atoms with van der Waals surface area (Å²) in [5.74, 6) is 0.660. The Hall–Kier alpha value is -2.73. The van der Waals surface area contributed by atoms with Crippen molar-refractivity contribution in [1.82, 2.24) is 9.88 Å². The predicted octanol–water partition coefficient (Wildman–Crippen LogP) is 3.75. The van der Waals surface area contributed by atoms with E-state index >= 15 is 0 Å². The third kappa shape index (κ3) is 4.22. The van der Waals surface area contributed by atoms with Crippen LogP contribution >= 0.6 is 11.3 Å². The number of anilines is 1. The number of aryl methyl sites for hydroxylation is 2. The van der Waals surface area contributed by atoms with Gasteiger partial charge in [0.25, 0.3) is 0 Å². The first-order valence-corrected chi connectivity index (χ1v) is 10.4. The molecule has 0 bridgehead atoms. The average molecular weight is 394 g/mol. The lowest BCUT2D eigenvalue weighted by Crippen LogP contribution is -2.33. The van der Waals surface area contributed by atoms with Crippen LogP contribution in [0.4, 0.5) is 5.82 Å². The van der Waals surface area contributed by atoms with Crippen molar-refractivity contribution in [3.05, 3.63) is 63.0 Å². The molecule has 5 nitrogen and oxygen atoms in total. The maximum absolute atomic E-state index is 12.5. The Morgan fingerprint density at radius 3 is 3.00 bits per heavy atom. The molecule has 0 unspecified atom stereocenters. The Morgan fingerprint density at radius 2 is 2.25 bits per heavy atom. The summed E-state index contributed by atoms with van der Waals surface area (Å²) in [6, 6.07) is 4.15. The van der Waals surface area contributed by atoms with E-state index in [0.29, 0.717) is 25.2 Å². The highest BCUT2D eigenvalue weighted by Crippen LogP contribution is 2.24. The lowest BCUT2D eigenvalue weighted by atomic mass is 10.0. The molecule has 4 rings (SSSR count). The third-order valence-electron chi connectivity index (χ3n) is 5.26. The van der Waals surface area contributed by atoms with E-state index in [4.69, 9.17) is 0 Å². The molecule has 2 amide bonds. The molecule has 0 saturated carbocycles. The van der Waals surface area contributed by atoms with E-state index < -0.39 is 0 Å². The van der Waals surface area contributed by atoms with Gasteiger partial charge in [-0.1, -0.05) is 11.6 Å². The van der Waals surface area contributed by atoms with E-state index in [1.54, 1.807) is 29.7 Å². The minimum absolute atomic E-state index is 0.00484. The number of carbonyl (C=O) groups excluding carboxylic acids is 2. The molecule has 0 atom stereocenters. The lowest BCUT2D eigenvalue weighted by molar-refractivity contribution is -0.125. The highest BCUT2D eigenvalue weighted by atomic mass is 32.1. The van der Waals surface area contributed by atoms with Gasteiger partial charge in [0.15, 0.2) is 0 Å². The van der Waals surface area contributed by atoms with E-state index in [1.807, 2.05) is 11.0 Å². The molecule has 2 aliphatic heterocycles. The van der Waals surface area contributed by atoms with E-state index in [0.717, 1.165) is 30.5 Å². The lowest BCUT2D eigenvalue weighted by Gasteiger charge is -2.25. The fraction of sp³-hybridized carbons (Fsp3) is 0.318. The largest absolute Gasteiger partial charge is 0.335 e. The van der Waals surface area contributed by atoms with Gasteiger partial charge in [-0.3, -0.25) is 9.59 Å². The SMILES string of the molecule is Cc1ccsc1CC1=CCN(C(=O)/C=C/c2cnc3c(c2)CCC(=O)N3)CC1. The molecule has 0 spiro atoms. The Balaban J connectivity index is 1.35. The molecule has 2 aromatic heterocycles. The number of nitrogens with one attached hydrogen (secondary N) is 1. The number of amides is 2. The fourth-order valence-corrected chi connectivity index (χ4v) is 4.46. The minimum Gasteiger partial charge on any atom is -0.335 e. The summed E-state index contributed by atoms with van der Waals surface area (Å²) in [5.41, 5.74) is 4.67. The topological polar surface area (TPSA) is 62.3 Å². The second-order valence-corrected chi connectivity index (χ2v) is 8.26. The van der Waals surface area contributed by atoms with Crippen molar-refractivity contribution in [2.75, 3.05) is 18.4 Å². The number of nitrogens with zero attached hydrogens (tertiary/aromatic N) is 2. The molecule has 0 aromatic carbocycles. The van der Waals surface area contributed by atoms with Gasteiger partial charge in [-0.2, -0.15) is 0 Å². The van der Waals surface area contributed by atoms with Crippen molar-refractivity contribution in [2.24, 2.45) is 0 Å². The van der Waals surface area contributed by atoms with Gasteiger partial charge in [-0.25, -0.2) is 4.98 Å². The van der Waals surface area contributed by atoms with Crippen LogP contribution in [0, 0.1) is 6.92 Å². The molecule has 2 aromatic rings. The monoisotopic (exact) mass is 393 g/mol. The molecular weight excluding hydrogens is 370 g/mol. The zero-order valence-corrected chi connectivity index (χ0v) is 16.7. The van der Waals surface area contributed by atoms with Crippen LogP contribution in [0.25, 0.3) is 6.08 Å².